The van der Waals surface area contributed by atoms with Crippen LogP contribution in [0.25, 0.3) is 0 Å². The monoisotopic (exact) mass is 317 g/mol. The van der Waals surface area contributed by atoms with Crippen molar-refractivity contribution in [3.05, 3.63) is 46.1 Å². The molecular formula is C17H20FN3O2. The molecule has 2 N–H and O–H groups in total. The maximum absolute atomic E-state index is 14.5. The van der Waals surface area contributed by atoms with Crippen molar-refractivity contribution in [2.24, 2.45) is 0 Å². The van der Waals surface area contributed by atoms with Crippen LogP contribution in [0.1, 0.15) is 34.6 Å². The molecule has 0 unspecified atom stereocenters. The maximum atomic E-state index is 14.5. The number of aromatic nitrogens is 1. The molecule has 1 aromatic heterocycles. The van der Waals surface area contributed by atoms with Gasteiger partial charge in [0, 0.05) is 18.5 Å². The van der Waals surface area contributed by atoms with Crippen LogP contribution in [-0.4, -0.2) is 17.6 Å². The summed E-state index contributed by atoms with van der Waals surface area (Å²) in [6, 6.07) is 3.50. The van der Waals surface area contributed by atoms with Crippen LogP contribution in [0, 0.1) is 19.7 Å². The number of rotatable bonds is 4. The van der Waals surface area contributed by atoms with Crippen molar-refractivity contribution in [1.29, 1.82) is 0 Å². The highest BCUT2D eigenvalue weighted by Crippen LogP contribution is 2.25. The molecular weight excluding hydrogens is 297 g/mol. The van der Waals surface area contributed by atoms with Crippen LogP contribution < -0.4 is 10.6 Å². The molecule has 1 aliphatic rings. The van der Waals surface area contributed by atoms with Gasteiger partial charge in [-0.3, -0.25) is 4.79 Å². The van der Waals surface area contributed by atoms with Crippen molar-refractivity contribution in [3.63, 3.8) is 0 Å². The topological polar surface area (TPSA) is 67.2 Å². The lowest BCUT2D eigenvalue weighted by molar-refractivity contribution is -0.116. The number of amides is 1. The summed E-state index contributed by atoms with van der Waals surface area (Å²) in [5, 5.41) is 9.75. The highest BCUT2D eigenvalue weighted by molar-refractivity contribution is 5.91. The summed E-state index contributed by atoms with van der Waals surface area (Å²) in [5.41, 5.74) is 3.66. The molecule has 2 heterocycles. The third-order valence-electron chi connectivity index (χ3n) is 4.26. The molecule has 3 rings (SSSR count). The number of benzene rings is 1. The van der Waals surface area contributed by atoms with E-state index in [1.54, 1.807) is 6.07 Å². The van der Waals surface area contributed by atoms with Gasteiger partial charge in [-0.2, -0.15) is 0 Å². The minimum Gasteiger partial charge on any atom is -0.361 e. The van der Waals surface area contributed by atoms with Gasteiger partial charge in [0.15, 0.2) is 0 Å². The second-order valence-electron chi connectivity index (χ2n) is 5.84. The maximum Gasteiger partial charge on any atom is 0.224 e. The first-order valence-corrected chi connectivity index (χ1v) is 7.79. The van der Waals surface area contributed by atoms with Gasteiger partial charge in [-0.05, 0) is 50.4 Å². The number of nitrogens with one attached hydrogen (secondary N) is 2. The van der Waals surface area contributed by atoms with Crippen molar-refractivity contribution in [2.45, 2.75) is 39.7 Å². The zero-order chi connectivity index (χ0) is 16.4. The Morgan fingerprint density at radius 1 is 1.43 bits per heavy atom. The molecule has 5 nitrogen and oxygen atoms in total. The first kappa shape index (κ1) is 15.7. The number of halogens is 1. The molecule has 0 atom stereocenters. The molecule has 0 saturated carbocycles. The lowest BCUT2D eigenvalue weighted by Crippen LogP contribution is -2.25. The van der Waals surface area contributed by atoms with E-state index in [0.29, 0.717) is 24.9 Å². The second-order valence-corrected chi connectivity index (χ2v) is 5.84. The molecule has 1 amide bonds. The van der Waals surface area contributed by atoms with Crippen molar-refractivity contribution >= 4 is 11.6 Å². The Morgan fingerprint density at radius 2 is 2.26 bits per heavy atom. The quantitative estimate of drug-likeness (QED) is 0.910. The van der Waals surface area contributed by atoms with Gasteiger partial charge in [0.1, 0.15) is 11.6 Å². The fourth-order valence-electron chi connectivity index (χ4n) is 2.94. The number of hydrogen-bond acceptors (Lipinski definition) is 4. The van der Waals surface area contributed by atoms with Crippen molar-refractivity contribution in [2.75, 3.05) is 11.9 Å². The highest BCUT2D eigenvalue weighted by Gasteiger charge is 2.18. The van der Waals surface area contributed by atoms with Crippen LogP contribution in [0.5, 0.6) is 0 Å². The number of hydrogen-bond donors (Lipinski definition) is 2. The van der Waals surface area contributed by atoms with Gasteiger partial charge < -0.3 is 15.2 Å². The van der Waals surface area contributed by atoms with Crippen LogP contribution in [-0.2, 0) is 24.2 Å². The van der Waals surface area contributed by atoms with E-state index in [2.05, 4.69) is 15.8 Å². The number of nitrogens with zero attached hydrogens (tertiary/aromatic N) is 1. The summed E-state index contributed by atoms with van der Waals surface area (Å²) < 4.78 is 19.6. The number of carbonyl (C=O) groups is 1. The largest absolute Gasteiger partial charge is 0.361 e. The summed E-state index contributed by atoms with van der Waals surface area (Å²) in [4.78, 5) is 12.1. The van der Waals surface area contributed by atoms with Crippen molar-refractivity contribution in [1.82, 2.24) is 10.5 Å². The van der Waals surface area contributed by atoms with E-state index in [0.717, 1.165) is 29.1 Å². The van der Waals surface area contributed by atoms with Crippen LogP contribution in [0.15, 0.2) is 16.7 Å². The van der Waals surface area contributed by atoms with Crippen molar-refractivity contribution < 1.29 is 13.7 Å². The van der Waals surface area contributed by atoms with Gasteiger partial charge in [0.2, 0.25) is 5.91 Å². The van der Waals surface area contributed by atoms with Gasteiger partial charge in [-0.1, -0.05) is 11.2 Å². The van der Waals surface area contributed by atoms with Crippen LogP contribution in [0.3, 0.4) is 0 Å². The average Bonchev–Trinajstić information content (AvgIpc) is 2.87. The Kier molecular flexibility index (Phi) is 4.43. The third kappa shape index (κ3) is 3.27. The molecule has 0 fully saturated rings. The molecule has 0 radical (unpaired) electrons. The Balaban J connectivity index is 1.66. The van der Waals surface area contributed by atoms with E-state index in [4.69, 9.17) is 4.52 Å². The van der Waals surface area contributed by atoms with Gasteiger partial charge in [-0.15, -0.1) is 0 Å². The smallest absolute Gasteiger partial charge is 0.224 e. The molecule has 2 aromatic rings. The van der Waals surface area contributed by atoms with Crippen LogP contribution in [0.4, 0.5) is 10.1 Å². The number of carbonyl (C=O) groups excluding carboxylic acids is 1. The number of aryl methyl sites for hydroxylation is 2. The molecule has 1 aliphatic heterocycles. The third-order valence-corrected chi connectivity index (χ3v) is 4.26. The zero-order valence-corrected chi connectivity index (χ0v) is 13.3. The highest BCUT2D eigenvalue weighted by atomic mass is 19.1. The normalized spacial score (nSPS) is 13.7. The average molecular weight is 317 g/mol. The fourth-order valence-corrected chi connectivity index (χ4v) is 2.94. The van der Waals surface area contributed by atoms with Gasteiger partial charge in [-0.25, -0.2) is 4.39 Å². The van der Waals surface area contributed by atoms with Gasteiger partial charge in [0.05, 0.1) is 11.4 Å². The summed E-state index contributed by atoms with van der Waals surface area (Å²) in [6.07, 6.45) is 1.44. The first-order chi connectivity index (χ1) is 11.1. The Bertz CT molecular complexity index is 720. The first-order valence-electron chi connectivity index (χ1n) is 7.79. The van der Waals surface area contributed by atoms with Gasteiger partial charge in [0.25, 0.3) is 0 Å². The SMILES string of the molecule is Cc1noc(C)c1CCC(=O)Nc1ccc2c(c1F)CCNC2. The number of fused-ring (bicyclic) bond motifs is 1. The molecule has 122 valence electrons. The summed E-state index contributed by atoms with van der Waals surface area (Å²) in [6.45, 7) is 5.10. The zero-order valence-electron chi connectivity index (χ0n) is 13.3. The van der Waals surface area contributed by atoms with Crippen molar-refractivity contribution in [3.8, 4) is 0 Å². The standard InChI is InChI=1S/C17H20FN3O2/c1-10-13(11(2)23-21-10)4-6-16(22)20-15-5-3-12-9-19-8-7-14(12)17(15)18/h3,5,19H,4,6-9H2,1-2H3,(H,20,22). The number of anilines is 1. The van der Waals surface area contributed by atoms with E-state index in [9.17, 15) is 9.18 Å². The minimum atomic E-state index is -0.310. The molecule has 1 aromatic carbocycles. The molecule has 0 aliphatic carbocycles. The Labute approximate surface area is 134 Å². The molecule has 0 bridgehead atoms. The molecule has 0 spiro atoms. The lowest BCUT2D eigenvalue weighted by Gasteiger charge is -2.19. The minimum absolute atomic E-state index is 0.210. The molecule has 23 heavy (non-hydrogen) atoms. The van der Waals surface area contributed by atoms with Gasteiger partial charge >= 0.3 is 0 Å². The second kappa shape index (κ2) is 6.50. The molecule has 6 heteroatoms. The summed E-state index contributed by atoms with van der Waals surface area (Å²) >= 11 is 0. The van der Waals surface area contributed by atoms with Crippen LogP contribution >= 0.6 is 0 Å². The van der Waals surface area contributed by atoms with Crippen LogP contribution in [0.2, 0.25) is 0 Å². The summed E-state index contributed by atoms with van der Waals surface area (Å²) in [7, 11) is 0. The molecule has 0 saturated heterocycles. The predicted molar refractivity (Wildman–Crippen MR) is 84.7 cm³/mol. The summed E-state index contributed by atoms with van der Waals surface area (Å²) in [5.74, 6) is 0.204. The van der Waals surface area contributed by atoms with E-state index in [1.165, 1.54) is 0 Å². The van der Waals surface area contributed by atoms with E-state index >= 15 is 0 Å². The Morgan fingerprint density at radius 3 is 3.00 bits per heavy atom. The lowest BCUT2D eigenvalue weighted by atomic mass is 9.99. The van der Waals surface area contributed by atoms with E-state index in [1.807, 2.05) is 19.9 Å². The predicted octanol–water partition coefficient (Wildman–Crippen LogP) is 2.65. The fraction of sp³-hybridized carbons (Fsp3) is 0.412. The Hall–Kier alpha value is -2.21. The van der Waals surface area contributed by atoms with E-state index < -0.39 is 0 Å². The van der Waals surface area contributed by atoms with E-state index in [-0.39, 0.29) is 23.8 Å².